The Hall–Kier alpha value is -3.30. The van der Waals surface area contributed by atoms with Gasteiger partial charge in [-0.3, -0.25) is 14.9 Å². The summed E-state index contributed by atoms with van der Waals surface area (Å²) in [6.45, 7) is 15.3. The van der Waals surface area contributed by atoms with Gasteiger partial charge in [-0.2, -0.15) is 0 Å². The second kappa shape index (κ2) is 12.9. The van der Waals surface area contributed by atoms with E-state index >= 15 is 0 Å². The standard InChI is InChI=1S/C25H40N6O8S/c1-13(32)10-26-11-14-16(18(33)27-14)29-19(34)17(31-39-25(8,9)20(35)37-23(2,3)4)15-12-40-21(28-15)30-22(36)38-24(5,6)7/h12-14,16,26,32H,10-11H2,1-9H3,(H,27,33)(H,29,34)(H,28,30,36)/b31-17+/t13-,14-,16+/m1/s1. The maximum Gasteiger partial charge on any atom is 0.413 e. The zero-order valence-corrected chi connectivity index (χ0v) is 25.1. The van der Waals surface area contributed by atoms with Crippen LogP contribution >= 0.6 is 11.3 Å². The lowest BCUT2D eigenvalue weighted by atomic mass is 9.98. The normalized spacial score (nSPS) is 18.6. The summed E-state index contributed by atoms with van der Waals surface area (Å²) in [6, 6.07) is -1.33. The fourth-order valence-corrected chi connectivity index (χ4v) is 3.75. The second-order valence-electron chi connectivity index (χ2n) is 11.8. The third-order valence-electron chi connectivity index (χ3n) is 4.93. The topological polar surface area (TPSA) is 190 Å². The van der Waals surface area contributed by atoms with E-state index in [0.717, 1.165) is 11.3 Å². The van der Waals surface area contributed by atoms with Crippen molar-refractivity contribution in [1.82, 2.24) is 20.9 Å². The van der Waals surface area contributed by atoms with Crippen LogP contribution in [-0.4, -0.2) is 87.8 Å². The number of nitrogens with zero attached hydrogens (tertiary/aromatic N) is 2. The van der Waals surface area contributed by atoms with E-state index in [4.69, 9.17) is 14.3 Å². The Bertz CT molecular complexity index is 1120. The van der Waals surface area contributed by atoms with E-state index in [-0.39, 0.29) is 16.5 Å². The number of aromatic nitrogens is 1. The van der Waals surface area contributed by atoms with Crippen LogP contribution in [0.5, 0.6) is 0 Å². The predicted octanol–water partition coefficient (Wildman–Crippen LogP) is 1.28. The predicted molar refractivity (Wildman–Crippen MR) is 148 cm³/mol. The van der Waals surface area contributed by atoms with Gasteiger partial charge in [-0.1, -0.05) is 5.16 Å². The van der Waals surface area contributed by atoms with Gasteiger partial charge in [0.15, 0.2) is 10.8 Å². The maximum absolute atomic E-state index is 13.3. The molecule has 0 aliphatic carbocycles. The molecule has 0 aromatic carbocycles. The smallest absolute Gasteiger partial charge is 0.413 e. The number of esters is 1. The number of anilines is 1. The second-order valence-corrected chi connectivity index (χ2v) is 12.6. The van der Waals surface area contributed by atoms with Crippen LogP contribution in [0, 0.1) is 0 Å². The number of hydrogen-bond acceptors (Lipinski definition) is 12. The van der Waals surface area contributed by atoms with Gasteiger partial charge in [-0.15, -0.1) is 11.3 Å². The summed E-state index contributed by atoms with van der Waals surface area (Å²) in [5, 5.41) is 25.7. The molecule has 1 saturated heterocycles. The average Bonchev–Trinajstić information content (AvgIpc) is 3.22. The van der Waals surface area contributed by atoms with Crippen molar-refractivity contribution in [2.45, 2.75) is 97.3 Å². The van der Waals surface area contributed by atoms with Gasteiger partial charge in [0.05, 0.1) is 12.1 Å². The fraction of sp³-hybridized carbons (Fsp3) is 0.680. The number of ether oxygens (including phenoxy) is 2. The minimum absolute atomic E-state index is 0.0251. The summed E-state index contributed by atoms with van der Waals surface area (Å²) >= 11 is 1.01. The van der Waals surface area contributed by atoms with Crippen LogP contribution in [-0.2, 0) is 28.7 Å². The summed E-state index contributed by atoms with van der Waals surface area (Å²) in [7, 11) is 0. The Balaban J connectivity index is 2.27. The third-order valence-corrected chi connectivity index (χ3v) is 5.69. The summed E-state index contributed by atoms with van der Waals surface area (Å²) in [5.41, 5.74) is -3.40. The first-order valence-corrected chi connectivity index (χ1v) is 13.6. The average molecular weight is 585 g/mol. The summed E-state index contributed by atoms with van der Waals surface area (Å²) in [6.07, 6.45) is -1.32. The van der Waals surface area contributed by atoms with Gasteiger partial charge in [-0.25, -0.2) is 14.6 Å². The molecular weight excluding hydrogens is 544 g/mol. The molecule has 40 heavy (non-hydrogen) atoms. The number of β-lactam (4-membered cyclic amide) rings is 1. The molecule has 0 saturated carbocycles. The van der Waals surface area contributed by atoms with E-state index in [9.17, 15) is 24.3 Å². The first-order valence-electron chi connectivity index (χ1n) is 12.7. The molecule has 1 aliphatic heterocycles. The Morgan fingerprint density at radius 3 is 2.30 bits per heavy atom. The molecule has 0 spiro atoms. The summed E-state index contributed by atoms with van der Waals surface area (Å²) in [5.74, 6) is -1.91. The minimum Gasteiger partial charge on any atom is -0.457 e. The van der Waals surface area contributed by atoms with Crippen LogP contribution in [0.4, 0.5) is 9.93 Å². The van der Waals surface area contributed by atoms with Crippen molar-refractivity contribution in [3.05, 3.63) is 11.1 Å². The third kappa shape index (κ3) is 10.4. The molecule has 2 heterocycles. The maximum atomic E-state index is 13.3. The molecule has 15 heteroatoms. The number of oxime groups is 1. The first-order chi connectivity index (χ1) is 18.3. The molecule has 1 fully saturated rings. The van der Waals surface area contributed by atoms with Gasteiger partial charge in [0.25, 0.3) is 5.91 Å². The first kappa shape index (κ1) is 32.9. The SMILES string of the molecule is C[C@@H](O)CNC[C@H]1NC(=O)[C@H]1NC(=O)/C(=N/OC(C)(C)C(=O)OC(C)(C)C)c1csc(NC(=O)OC(C)(C)C)n1. The quantitative estimate of drug-likeness (QED) is 0.110. The number of rotatable bonds is 11. The van der Waals surface area contributed by atoms with Crippen LogP contribution in [0.3, 0.4) is 0 Å². The van der Waals surface area contributed by atoms with E-state index < -0.39 is 58.9 Å². The molecule has 224 valence electrons. The molecule has 0 bridgehead atoms. The molecule has 3 amide bonds. The highest BCUT2D eigenvalue weighted by Crippen LogP contribution is 2.21. The highest BCUT2D eigenvalue weighted by Gasteiger charge is 2.41. The van der Waals surface area contributed by atoms with Gasteiger partial charge < -0.3 is 35.4 Å². The highest BCUT2D eigenvalue weighted by atomic mass is 32.1. The van der Waals surface area contributed by atoms with Gasteiger partial charge in [-0.05, 0) is 62.3 Å². The molecule has 14 nitrogen and oxygen atoms in total. The lowest BCUT2D eigenvalue weighted by molar-refractivity contribution is -0.179. The fourth-order valence-electron chi connectivity index (χ4n) is 3.07. The minimum atomic E-state index is -1.58. The van der Waals surface area contributed by atoms with Crippen LogP contribution in [0.25, 0.3) is 0 Å². The summed E-state index contributed by atoms with van der Waals surface area (Å²) in [4.78, 5) is 60.0. The van der Waals surface area contributed by atoms with Crippen LogP contribution in [0.15, 0.2) is 10.5 Å². The van der Waals surface area contributed by atoms with Crippen molar-refractivity contribution >= 4 is 46.1 Å². The zero-order chi connectivity index (χ0) is 30.5. The molecular formula is C25H40N6O8S. The Kier molecular flexibility index (Phi) is 10.6. The van der Waals surface area contributed by atoms with Crippen molar-refractivity contribution in [2.75, 3.05) is 18.4 Å². The van der Waals surface area contributed by atoms with E-state index in [1.54, 1.807) is 48.5 Å². The Morgan fingerprint density at radius 1 is 1.12 bits per heavy atom. The number of hydrogen-bond donors (Lipinski definition) is 5. The van der Waals surface area contributed by atoms with Gasteiger partial charge in [0, 0.05) is 18.5 Å². The molecule has 0 radical (unpaired) electrons. The Labute approximate surface area is 237 Å². The van der Waals surface area contributed by atoms with Crippen molar-refractivity contribution in [3.8, 4) is 0 Å². The Morgan fingerprint density at radius 2 is 1.75 bits per heavy atom. The summed E-state index contributed by atoms with van der Waals surface area (Å²) < 4.78 is 10.6. The van der Waals surface area contributed by atoms with E-state index in [1.807, 2.05) is 0 Å². The van der Waals surface area contributed by atoms with Crippen molar-refractivity contribution < 1.29 is 38.6 Å². The number of aliphatic hydroxyl groups is 1. The van der Waals surface area contributed by atoms with Crippen molar-refractivity contribution in [3.63, 3.8) is 0 Å². The number of thiazole rings is 1. The molecule has 5 N–H and O–H groups in total. The van der Waals surface area contributed by atoms with E-state index in [1.165, 1.54) is 19.2 Å². The number of nitrogens with one attached hydrogen (secondary N) is 4. The largest absolute Gasteiger partial charge is 0.457 e. The van der Waals surface area contributed by atoms with Crippen LogP contribution in [0.1, 0.15) is 68.0 Å². The van der Waals surface area contributed by atoms with Gasteiger partial charge >= 0.3 is 12.1 Å². The number of carbonyl (C=O) groups excluding carboxylic acids is 4. The number of amides is 3. The molecule has 1 aliphatic rings. The van der Waals surface area contributed by atoms with Crippen LogP contribution in [0.2, 0.25) is 0 Å². The molecule has 1 aromatic rings. The van der Waals surface area contributed by atoms with Crippen molar-refractivity contribution in [1.29, 1.82) is 0 Å². The lowest BCUT2D eigenvalue weighted by Gasteiger charge is -2.37. The zero-order valence-electron chi connectivity index (χ0n) is 24.3. The molecule has 2 rings (SSSR count). The number of carbonyl (C=O) groups is 4. The van der Waals surface area contributed by atoms with E-state index in [0.29, 0.717) is 13.1 Å². The van der Waals surface area contributed by atoms with Gasteiger partial charge in [0.1, 0.15) is 22.9 Å². The van der Waals surface area contributed by atoms with Crippen LogP contribution < -0.4 is 21.3 Å². The highest BCUT2D eigenvalue weighted by molar-refractivity contribution is 7.14. The lowest BCUT2D eigenvalue weighted by Crippen LogP contribution is -2.72. The molecule has 1 aromatic heterocycles. The monoisotopic (exact) mass is 584 g/mol. The van der Waals surface area contributed by atoms with Gasteiger partial charge in [0.2, 0.25) is 11.5 Å². The van der Waals surface area contributed by atoms with Crippen molar-refractivity contribution in [2.24, 2.45) is 5.16 Å². The van der Waals surface area contributed by atoms with E-state index in [2.05, 4.69) is 31.4 Å². The number of aliphatic hydroxyl groups excluding tert-OH is 1. The molecule has 3 atom stereocenters. The molecule has 0 unspecified atom stereocenters.